The summed E-state index contributed by atoms with van der Waals surface area (Å²) in [5.74, 6) is 0.00215. The fraction of sp³-hybridized carbons (Fsp3) is 0.296. The molecule has 1 fully saturated rings. The molecule has 0 bridgehead atoms. The highest BCUT2D eigenvalue weighted by Crippen LogP contribution is 2.30. The van der Waals surface area contributed by atoms with Crippen LogP contribution in [0.15, 0.2) is 77.4 Å². The van der Waals surface area contributed by atoms with Crippen molar-refractivity contribution < 1.29 is 13.9 Å². The van der Waals surface area contributed by atoms with E-state index in [-0.39, 0.29) is 24.4 Å². The lowest BCUT2D eigenvalue weighted by Gasteiger charge is -2.38. The van der Waals surface area contributed by atoms with Crippen LogP contribution >= 0.6 is 0 Å². The Kier molecular flexibility index (Phi) is 5.93. The number of fused-ring (bicyclic) bond motifs is 3. The predicted octanol–water partition coefficient (Wildman–Crippen LogP) is 4.71. The quantitative estimate of drug-likeness (QED) is 0.483. The summed E-state index contributed by atoms with van der Waals surface area (Å²) in [6, 6.07) is 22.7. The minimum Gasteiger partial charge on any atom is -0.464 e. The molecule has 32 heavy (non-hydrogen) atoms. The van der Waals surface area contributed by atoms with Crippen molar-refractivity contribution in [3.63, 3.8) is 0 Å². The van der Waals surface area contributed by atoms with Crippen molar-refractivity contribution >= 4 is 27.6 Å². The van der Waals surface area contributed by atoms with E-state index < -0.39 is 0 Å². The number of carbonyl (C=O) groups is 1. The number of nitrogens with one attached hydrogen (secondary N) is 1. The van der Waals surface area contributed by atoms with Crippen molar-refractivity contribution in [1.82, 2.24) is 10.2 Å². The van der Waals surface area contributed by atoms with Gasteiger partial charge in [-0.25, -0.2) is 0 Å². The van der Waals surface area contributed by atoms with E-state index >= 15 is 0 Å². The van der Waals surface area contributed by atoms with Gasteiger partial charge >= 0.3 is 0 Å². The number of furan rings is 1. The average Bonchev–Trinajstić information content (AvgIpc) is 3.23. The number of carbonyl (C=O) groups excluding carboxylic acids is 1. The number of hydrogen-bond acceptors (Lipinski definition) is 4. The Labute approximate surface area is 188 Å². The van der Waals surface area contributed by atoms with Crippen LogP contribution in [0.25, 0.3) is 21.7 Å². The van der Waals surface area contributed by atoms with E-state index in [0.29, 0.717) is 0 Å². The lowest BCUT2D eigenvalue weighted by molar-refractivity contribution is -0.121. The molecule has 1 aromatic heterocycles. The van der Waals surface area contributed by atoms with Gasteiger partial charge in [0.15, 0.2) is 0 Å². The molecule has 0 saturated carbocycles. The summed E-state index contributed by atoms with van der Waals surface area (Å²) in [4.78, 5) is 15.5. The van der Waals surface area contributed by atoms with Crippen LogP contribution in [0.3, 0.4) is 0 Å². The summed E-state index contributed by atoms with van der Waals surface area (Å²) in [6.07, 6.45) is 2.01. The maximum atomic E-state index is 13.1. The van der Waals surface area contributed by atoms with Crippen LogP contribution in [0.4, 0.5) is 0 Å². The maximum absolute atomic E-state index is 13.1. The van der Waals surface area contributed by atoms with Crippen molar-refractivity contribution in [3.05, 3.63) is 84.1 Å². The standard InChI is InChI=1S/C27H28N2O3/c1-19(27(21-8-3-2-4-9-21)29-13-15-31-16-14-29)28-25(30)17-22-18-32-24-12-11-20-7-5-6-10-23(20)26(22)24/h2-12,18-19,27H,13-17H2,1H3,(H,28,30)/t19-,27-/m1/s1. The SMILES string of the molecule is C[C@@H](NC(=O)Cc1coc2ccc3ccccc3c12)[C@H](c1ccccc1)N1CCOCC1. The van der Waals surface area contributed by atoms with Crippen LogP contribution in [0.1, 0.15) is 24.1 Å². The first-order valence-electron chi connectivity index (χ1n) is 11.2. The van der Waals surface area contributed by atoms with E-state index in [1.165, 1.54) is 5.56 Å². The van der Waals surface area contributed by atoms with Gasteiger partial charge in [0, 0.05) is 30.1 Å². The molecule has 5 nitrogen and oxygen atoms in total. The van der Waals surface area contributed by atoms with E-state index in [1.807, 2.05) is 24.3 Å². The molecule has 1 aliphatic heterocycles. The number of amides is 1. The van der Waals surface area contributed by atoms with E-state index in [0.717, 1.165) is 53.6 Å². The van der Waals surface area contributed by atoms with Crippen molar-refractivity contribution in [3.8, 4) is 0 Å². The van der Waals surface area contributed by atoms with Crippen LogP contribution in [0.2, 0.25) is 0 Å². The Morgan fingerprint density at radius 2 is 1.75 bits per heavy atom. The third-order valence-electron chi connectivity index (χ3n) is 6.33. The second kappa shape index (κ2) is 9.15. The molecular formula is C27H28N2O3. The molecule has 5 heteroatoms. The largest absolute Gasteiger partial charge is 0.464 e. The Morgan fingerprint density at radius 3 is 2.56 bits per heavy atom. The third kappa shape index (κ3) is 4.14. The Bertz CT molecular complexity index is 1210. The number of nitrogens with zero attached hydrogens (tertiary/aromatic N) is 1. The van der Waals surface area contributed by atoms with Gasteiger partial charge in [-0.15, -0.1) is 0 Å². The number of ether oxygens (including phenoxy) is 1. The molecule has 1 N–H and O–H groups in total. The van der Waals surface area contributed by atoms with Gasteiger partial charge in [-0.05, 0) is 29.3 Å². The van der Waals surface area contributed by atoms with Crippen LogP contribution in [0.5, 0.6) is 0 Å². The predicted molar refractivity (Wildman–Crippen MR) is 127 cm³/mol. The summed E-state index contributed by atoms with van der Waals surface area (Å²) in [5, 5.41) is 6.55. The number of rotatable bonds is 6. The van der Waals surface area contributed by atoms with Crippen molar-refractivity contribution in [2.45, 2.75) is 25.4 Å². The summed E-state index contributed by atoms with van der Waals surface area (Å²) >= 11 is 0. The van der Waals surface area contributed by atoms with Gasteiger partial charge in [0.2, 0.25) is 5.91 Å². The maximum Gasteiger partial charge on any atom is 0.224 e. The molecule has 164 valence electrons. The monoisotopic (exact) mass is 428 g/mol. The molecule has 0 radical (unpaired) electrons. The number of morpholine rings is 1. The van der Waals surface area contributed by atoms with Crippen molar-refractivity contribution in [2.75, 3.05) is 26.3 Å². The molecule has 1 saturated heterocycles. The smallest absolute Gasteiger partial charge is 0.224 e. The molecule has 2 heterocycles. The van der Waals surface area contributed by atoms with Gasteiger partial charge in [-0.1, -0.05) is 60.7 Å². The summed E-state index contributed by atoms with van der Waals surface area (Å²) < 4.78 is 11.3. The topological polar surface area (TPSA) is 54.7 Å². The molecule has 3 aromatic carbocycles. The molecule has 0 aliphatic carbocycles. The highest BCUT2D eigenvalue weighted by Gasteiger charge is 2.28. The van der Waals surface area contributed by atoms with E-state index in [2.05, 4.69) is 59.6 Å². The van der Waals surface area contributed by atoms with Gasteiger partial charge in [0.1, 0.15) is 5.58 Å². The Balaban J connectivity index is 1.37. The highest BCUT2D eigenvalue weighted by atomic mass is 16.5. The van der Waals surface area contributed by atoms with Gasteiger partial charge in [0.05, 0.1) is 31.9 Å². The van der Waals surface area contributed by atoms with Crippen LogP contribution in [-0.4, -0.2) is 43.2 Å². The molecule has 1 amide bonds. The van der Waals surface area contributed by atoms with Gasteiger partial charge in [-0.2, -0.15) is 0 Å². The van der Waals surface area contributed by atoms with E-state index in [9.17, 15) is 4.79 Å². The first-order chi connectivity index (χ1) is 15.7. The van der Waals surface area contributed by atoms with Gasteiger partial charge in [-0.3, -0.25) is 9.69 Å². The molecule has 2 atom stereocenters. The second-order valence-corrected chi connectivity index (χ2v) is 8.46. The normalized spacial score (nSPS) is 16.8. The second-order valence-electron chi connectivity index (χ2n) is 8.46. The molecule has 1 aliphatic rings. The molecular weight excluding hydrogens is 400 g/mol. The fourth-order valence-electron chi connectivity index (χ4n) is 4.88. The first-order valence-corrected chi connectivity index (χ1v) is 11.2. The summed E-state index contributed by atoms with van der Waals surface area (Å²) in [6.45, 7) is 5.25. The zero-order valence-electron chi connectivity index (χ0n) is 18.3. The van der Waals surface area contributed by atoms with Crippen LogP contribution in [0, 0.1) is 0 Å². The zero-order valence-corrected chi connectivity index (χ0v) is 18.3. The molecule has 0 unspecified atom stereocenters. The minimum absolute atomic E-state index is 0.00215. The minimum atomic E-state index is -0.0436. The average molecular weight is 429 g/mol. The van der Waals surface area contributed by atoms with E-state index in [4.69, 9.17) is 9.15 Å². The third-order valence-corrected chi connectivity index (χ3v) is 6.33. The van der Waals surface area contributed by atoms with Crippen LogP contribution in [-0.2, 0) is 16.0 Å². The molecule has 0 spiro atoms. The van der Waals surface area contributed by atoms with Crippen molar-refractivity contribution in [2.24, 2.45) is 0 Å². The number of hydrogen-bond donors (Lipinski definition) is 1. The summed E-state index contributed by atoms with van der Waals surface area (Å²) in [5.41, 5.74) is 2.95. The summed E-state index contributed by atoms with van der Waals surface area (Å²) in [7, 11) is 0. The fourth-order valence-corrected chi connectivity index (χ4v) is 4.88. The highest BCUT2D eigenvalue weighted by molar-refractivity contribution is 6.08. The van der Waals surface area contributed by atoms with Crippen molar-refractivity contribution in [1.29, 1.82) is 0 Å². The number of benzene rings is 3. The van der Waals surface area contributed by atoms with Gasteiger partial charge in [0.25, 0.3) is 0 Å². The van der Waals surface area contributed by atoms with E-state index in [1.54, 1.807) is 6.26 Å². The zero-order chi connectivity index (χ0) is 21.9. The first kappa shape index (κ1) is 20.7. The lowest BCUT2D eigenvalue weighted by atomic mass is 9.97. The van der Waals surface area contributed by atoms with Crippen LogP contribution < -0.4 is 5.32 Å². The lowest BCUT2D eigenvalue weighted by Crippen LogP contribution is -2.48. The Morgan fingerprint density at radius 1 is 1.00 bits per heavy atom. The molecule has 4 aromatic rings. The van der Waals surface area contributed by atoms with Gasteiger partial charge < -0.3 is 14.5 Å². The molecule has 5 rings (SSSR count). The Hall–Kier alpha value is -3.15.